The van der Waals surface area contributed by atoms with E-state index in [4.69, 9.17) is 12.2 Å². The summed E-state index contributed by atoms with van der Waals surface area (Å²) in [7, 11) is 1.80. The SMILES string of the molecule is Cn1c(CNC(=O)c2cccnc2Sc2ccc(Br)cc2)n[nH]c1=S. The molecule has 128 valence electrons. The van der Waals surface area contributed by atoms with Crippen molar-refractivity contribution >= 4 is 45.8 Å². The molecule has 1 aromatic carbocycles. The van der Waals surface area contributed by atoms with Gasteiger partial charge in [-0.05, 0) is 48.6 Å². The van der Waals surface area contributed by atoms with Crippen molar-refractivity contribution in [2.24, 2.45) is 7.05 Å². The van der Waals surface area contributed by atoms with Crippen molar-refractivity contribution < 1.29 is 4.79 Å². The molecule has 3 aromatic rings. The van der Waals surface area contributed by atoms with Crippen molar-refractivity contribution in [2.45, 2.75) is 16.5 Å². The van der Waals surface area contributed by atoms with E-state index in [9.17, 15) is 4.79 Å². The Morgan fingerprint density at radius 1 is 1.36 bits per heavy atom. The Morgan fingerprint density at radius 3 is 2.80 bits per heavy atom. The van der Waals surface area contributed by atoms with Crippen LogP contribution < -0.4 is 5.32 Å². The molecule has 2 N–H and O–H groups in total. The smallest absolute Gasteiger partial charge is 0.254 e. The van der Waals surface area contributed by atoms with Gasteiger partial charge in [-0.3, -0.25) is 9.89 Å². The van der Waals surface area contributed by atoms with Crippen molar-refractivity contribution in [3.8, 4) is 0 Å². The van der Waals surface area contributed by atoms with Crippen LogP contribution in [0.3, 0.4) is 0 Å². The topological polar surface area (TPSA) is 75.6 Å². The number of amides is 1. The van der Waals surface area contributed by atoms with Crippen LogP contribution in [0.4, 0.5) is 0 Å². The third-order valence-corrected chi connectivity index (χ3v) is 5.34. The highest BCUT2D eigenvalue weighted by atomic mass is 79.9. The molecule has 0 bridgehead atoms. The van der Waals surface area contributed by atoms with Gasteiger partial charge >= 0.3 is 0 Å². The zero-order chi connectivity index (χ0) is 17.8. The van der Waals surface area contributed by atoms with E-state index < -0.39 is 0 Å². The van der Waals surface area contributed by atoms with Crippen LogP contribution in [0.15, 0.2) is 57.0 Å². The molecule has 3 rings (SSSR count). The third-order valence-electron chi connectivity index (χ3n) is 3.42. The van der Waals surface area contributed by atoms with Crippen LogP contribution in [-0.4, -0.2) is 25.7 Å². The van der Waals surface area contributed by atoms with Crippen LogP contribution in [0.1, 0.15) is 16.2 Å². The molecule has 0 aliphatic carbocycles. The molecule has 0 aliphatic rings. The van der Waals surface area contributed by atoms with E-state index in [0.717, 1.165) is 9.37 Å². The summed E-state index contributed by atoms with van der Waals surface area (Å²) in [4.78, 5) is 17.9. The Hall–Kier alpha value is -1.97. The summed E-state index contributed by atoms with van der Waals surface area (Å²) in [5.41, 5.74) is 0.521. The van der Waals surface area contributed by atoms with E-state index in [1.54, 1.807) is 29.9 Å². The number of nitrogens with zero attached hydrogens (tertiary/aromatic N) is 3. The summed E-state index contributed by atoms with van der Waals surface area (Å²) in [6, 6.07) is 11.4. The van der Waals surface area contributed by atoms with Gasteiger partial charge in [-0.25, -0.2) is 4.98 Å². The second kappa shape index (κ2) is 7.94. The monoisotopic (exact) mass is 435 g/mol. The summed E-state index contributed by atoms with van der Waals surface area (Å²) >= 11 is 9.92. The normalized spacial score (nSPS) is 10.6. The second-order valence-corrected chi connectivity index (χ2v) is 7.46. The average molecular weight is 436 g/mol. The zero-order valence-corrected chi connectivity index (χ0v) is 16.4. The number of carbonyl (C=O) groups excluding carboxylic acids is 1. The number of nitrogens with one attached hydrogen (secondary N) is 2. The first-order chi connectivity index (χ1) is 12.0. The first-order valence-corrected chi connectivity index (χ1v) is 9.33. The van der Waals surface area contributed by atoms with Gasteiger partial charge in [-0.1, -0.05) is 27.7 Å². The molecule has 0 unspecified atom stereocenters. The quantitative estimate of drug-likeness (QED) is 0.597. The Balaban J connectivity index is 1.75. The molecule has 2 aromatic heterocycles. The van der Waals surface area contributed by atoms with E-state index in [-0.39, 0.29) is 12.5 Å². The van der Waals surface area contributed by atoms with Crippen LogP contribution in [0.5, 0.6) is 0 Å². The van der Waals surface area contributed by atoms with Crippen LogP contribution in [0.2, 0.25) is 0 Å². The van der Waals surface area contributed by atoms with Crippen LogP contribution in [-0.2, 0) is 13.6 Å². The summed E-state index contributed by atoms with van der Waals surface area (Å²) < 4.78 is 3.23. The van der Waals surface area contributed by atoms with Crippen molar-refractivity contribution in [3.05, 3.63) is 63.2 Å². The number of benzene rings is 1. The summed E-state index contributed by atoms with van der Waals surface area (Å²) in [6.45, 7) is 0.278. The standard InChI is InChI=1S/C16H14BrN5OS2/c1-22-13(20-21-16(22)24)9-19-14(23)12-3-2-8-18-15(12)25-11-6-4-10(17)5-7-11/h2-8H,9H2,1H3,(H,19,23)(H,21,24). The number of aromatic amines is 1. The maximum absolute atomic E-state index is 12.6. The Labute approximate surface area is 162 Å². The molecule has 1 amide bonds. The van der Waals surface area contributed by atoms with Gasteiger partial charge in [-0.2, -0.15) is 5.10 Å². The van der Waals surface area contributed by atoms with E-state index in [2.05, 4.69) is 36.4 Å². The van der Waals surface area contributed by atoms with Crippen LogP contribution in [0, 0.1) is 4.77 Å². The van der Waals surface area contributed by atoms with Gasteiger partial charge in [0.15, 0.2) is 10.6 Å². The average Bonchev–Trinajstić information content (AvgIpc) is 2.94. The maximum Gasteiger partial charge on any atom is 0.254 e. The number of hydrogen-bond donors (Lipinski definition) is 2. The fraction of sp³-hybridized carbons (Fsp3) is 0.125. The number of halogens is 1. The highest BCUT2D eigenvalue weighted by Crippen LogP contribution is 2.29. The number of hydrogen-bond acceptors (Lipinski definition) is 5. The molecular formula is C16H14BrN5OS2. The molecule has 0 saturated heterocycles. The molecule has 9 heteroatoms. The summed E-state index contributed by atoms with van der Waals surface area (Å²) in [6.07, 6.45) is 1.68. The predicted molar refractivity (Wildman–Crippen MR) is 102 cm³/mol. The number of pyridine rings is 1. The van der Waals surface area contributed by atoms with Gasteiger partial charge < -0.3 is 9.88 Å². The molecule has 0 aliphatic heterocycles. The first kappa shape index (κ1) is 17.8. The van der Waals surface area contributed by atoms with Crippen molar-refractivity contribution in [2.75, 3.05) is 0 Å². The lowest BCUT2D eigenvalue weighted by molar-refractivity contribution is 0.0946. The number of carbonyl (C=O) groups is 1. The van der Waals surface area contributed by atoms with Gasteiger partial charge in [-0.15, -0.1) is 0 Å². The fourth-order valence-electron chi connectivity index (χ4n) is 2.05. The van der Waals surface area contributed by atoms with Crippen LogP contribution in [0.25, 0.3) is 0 Å². The van der Waals surface area contributed by atoms with E-state index in [1.807, 2.05) is 24.3 Å². The highest BCUT2D eigenvalue weighted by Gasteiger charge is 2.14. The third kappa shape index (κ3) is 4.36. The van der Waals surface area contributed by atoms with E-state index >= 15 is 0 Å². The highest BCUT2D eigenvalue weighted by molar-refractivity contribution is 9.10. The predicted octanol–water partition coefficient (Wildman–Crippen LogP) is 3.72. The number of aromatic nitrogens is 4. The lowest BCUT2D eigenvalue weighted by atomic mass is 10.2. The molecule has 0 fully saturated rings. The molecule has 2 heterocycles. The minimum absolute atomic E-state index is 0.207. The number of rotatable bonds is 5. The molecule has 25 heavy (non-hydrogen) atoms. The Morgan fingerprint density at radius 2 is 2.12 bits per heavy atom. The number of H-pyrrole nitrogens is 1. The molecule has 0 radical (unpaired) electrons. The van der Waals surface area contributed by atoms with Gasteiger partial charge in [0, 0.05) is 22.6 Å². The Bertz CT molecular complexity index is 952. The molecular weight excluding hydrogens is 422 g/mol. The maximum atomic E-state index is 12.6. The summed E-state index contributed by atoms with van der Waals surface area (Å²) in [5.74, 6) is 0.450. The molecule has 6 nitrogen and oxygen atoms in total. The zero-order valence-electron chi connectivity index (χ0n) is 13.2. The van der Waals surface area contributed by atoms with Crippen molar-refractivity contribution in [1.82, 2.24) is 25.1 Å². The van der Waals surface area contributed by atoms with E-state index in [1.165, 1.54) is 11.8 Å². The lowest BCUT2D eigenvalue weighted by Crippen LogP contribution is -2.25. The largest absolute Gasteiger partial charge is 0.345 e. The van der Waals surface area contributed by atoms with Gasteiger partial charge in [0.25, 0.3) is 5.91 Å². The van der Waals surface area contributed by atoms with Crippen molar-refractivity contribution in [3.63, 3.8) is 0 Å². The van der Waals surface area contributed by atoms with Gasteiger partial charge in [0.05, 0.1) is 12.1 Å². The Kier molecular flexibility index (Phi) is 5.67. The molecule has 0 saturated carbocycles. The lowest BCUT2D eigenvalue weighted by Gasteiger charge is -2.09. The van der Waals surface area contributed by atoms with Crippen molar-refractivity contribution in [1.29, 1.82) is 0 Å². The van der Waals surface area contributed by atoms with E-state index in [0.29, 0.717) is 21.2 Å². The van der Waals surface area contributed by atoms with Gasteiger partial charge in [0.2, 0.25) is 0 Å². The minimum atomic E-state index is -0.207. The minimum Gasteiger partial charge on any atom is -0.345 e. The summed E-state index contributed by atoms with van der Waals surface area (Å²) in [5, 5.41) is 10.3. The first-order valence-electron chi connectivity index (χ1n) is 7.31. The molecule has 0 atom stereocenters. The molecule has 0 spiro atoms. The van der Waals surface area contributed by atoms with Crippen LogP contribution >= 0.6 is 39.9 Å². The second-order valence-electron chi connectivity index (χ2n) is 5.10. The fourth-order valence-corrected chi connectivity index (χ4v) is 3.35. The van der Waals surface area contributed by atoms with Gasteiger partial charge in [0.1, 0.15) is 5.03 Å².